The molecule has 2 fully saturated rings. The number of carbonyl (C=O) groups excluding carboxylic acids is 1. The summed E-state index contributed by atoms with van der Waals surface area (Å²) in [7, 11) is 1.50. The molecule has 2 aliphatic carbocycles. The molecule has 18 heavy (non-hydrogen) atoms. The van der Waals surface area contributed by atoms with Gasteiger partial charge in [-0.1, -0.05) is 6.92 Å². The monoisotopic (exact) mass is 253 g/mol. The highest BCUT2D eigenvalue weighted by Gasteiger charge is 2.28. The first-order valence-corrected chi connectivity index (χ1v) is 7.53. The van der Waals surface area contributed by atoms with E-state index >= 15 is 0 Å². The fourth-order valence-electron chi connectivity index (χ4n) is 3.42. The van der Waals surface area contributed by atoms with E-state index in [4.69, 9.17) is 4.74 Å². The first-order chi connectivity index (χ1) is 8.69. The number of esters is 1. The van der Waals surface area contributed by atoms with Crippen molar-refractivity contribution in [3.63, 3.8) is 0 Å². The van der Waals surface area contributed by atoms with E-state index in [1.54, 1.807) is 0 Å². The van der Waals surface area contributed by atoms with Crippen molar-refractivity contribution in [3.05, 3.63) is 0 Å². The lowest BCUT2D eigenvalue weighted by atomic mass is 9.83. The van der Waals surface area contributed by atoms with E-state index in [-0.39, 0.29) is 11.9 Å². The van der Waals surface area contributed by atoms with Crippen LogP contribution in [0.3, 0.4) is 0 Å². The third-order valence-corrected chi connectivity index (χ3v) is 4.75. The minimum atomic E-state index is -0.0139. The number of rotatable bonds is 3. The maximum atomic E-state index is 11.5. The number of ether oxygens (including phenoxy) is 1. The van der Waals surface area contributed by atoms with Crippen molar-refractivity contribution in [1.29, 1.82) is 0 Å². The molecular formula is C15H27NO2. The molecule has 2 saturated carbocycles. The molecule has 0 atom stereocenters. The summed E-state index contributed by atoms with van der Waals surface area (Å²) in [6.07, 6.45) is 9.65. The molecule has 0 spiro atoms. The Kier molecular flexibility index (Phi) is 5.04. The summed E-state index contributed by atoms with van der Waals surface area (Å²) in [6.45, 7) is 2.36. The van der Waals surface area contributed by atoms with Crippen molar-refractivity contribution in [1.82, 2.24) is 5.32 Å². The van der Waals surface area contributed by atoms with Crippen LogP contribution in [0.1, 0.15) is 58.3 Å². The Morgan fingerprint density at radius 2 is 1.44 bits per heavy atom. The molecule has 0 saturated heterocycles. The molecule has 0 aromatic rings. The fraction of sp³-hybridized carbons (Fsp3) is 0.933. The Balaban J connectivity index is 1.69. The van der Waals surface area contributed by atoms with Crippen molar-refractivity contribution in [2.75, 3.05) is 7.11 Å². The fourth-order valence-corrected chi connectivity index (χ4v) is 3.42. The number of hydrogen-bond donors (Lipinski definition) is 1. The van der Waals surface area contributed by atoms with Gasteiger partial charge >= 0.3 is 5.97 Å². The lowest BCUT2D eigenvalue weighted by molar-refractivity contribution is -0.146. The van der Waals surface area contributed by atoms with Crippen LogP contribution < -0.4 is 5.32 Å². The highest BCUT2D eigenvalue weighted by Crippen LogP contribution is 2.28. The SMILES string of the molecule is COC(=O)C1CCC(NC2CCC(C)CC2)CC1. The summed E-state index contributed by atoms with van der Waals surface area (Å²) in [5.41, 5.74) is 0. The van der Waals surface area contributed by atoms with Crippen LogP contribution in [0.5, 0.6) is 0 Å². The van der Waals surface area contributed by atoms with Crippen molar-refractivity contribution in [2.24, 2.45) is 11.8 Å². The molecule has 104 valence electrons. The summed E-state index contributed by atoms with van der Waals surface area (Å²) in [5, 5.41) is 3.80. The molecule has 0 radical (unpaired) electrons. The highest BCUT2D eigenvalue weighted by atomic mass is 16.5. The van der Waals surface area contributed by atoms with Crippen LogP contribution in [0.25, 0.3) is 0 Å². The maximum Gasteiger partial charge on any atom is 0.308 e. The largest absolute Gasteiger partial charge is 0.469 e. The minimum absolute atomic E-state index is 0.0139. The van der Waals surface area contributed by atoms with Crippen LogP contribution in [0, 0.1) is 11.8 Å². The average molecular weight is 253 g/mol. The third-order valence-electron chi connectivity index (χ3n) is 4.75. The van der Waals surface area contributed by atoms with Gasteiger partial charge in [0.2, 0.25) is 0 Å². The van der Waals surface area contributed by atoms with Gasteiger partial charge in [-0.3, -0.25) is 4.79 Å². The normalized spacial score (nSPS) is 37.2. The van der Waals surface area contributed by atoms with Crippen molar-refractivity contribution in [2.45, 2.75) is 70.4 Å². The molecule has 0 bridgehead atoms. The van der Waals surface area contributed by atoms with Crippen LogP contribution in [0.15, 0.2) is 0 Å². The van der Waals surface area contributed by atoms with Gasteiger partial charge in [-0.2, -0.15) is 0 Å². The summed E-state index contributed by atoms with van der Waals surface area (Å²) >= 11 is 0. The van der Waals surface area contributed by atoms with Gasteiger partial charge in [0.25, 0.3) is 0 Å². The second-order valence-corrected chi connectivity index (χ2v) is 6.20. The van der Waals surface area contributed by atoms with Crippen LogP contribution in [0.2, 0.25) is 0 Å². The van der Waals surface area contributed by atoms with Gasteiger partial charge in [0, 0.05) is 12.1 Å². The summed E-state index contributed by atoms with van der Waals surface area (Å²) in [5.74, 6) is 1.05. The van der Waals surface area contributed by atoms with Crippen molar-refractivity contribution < 1.29 is 9.53 Å². The Bertz CT molecular complexity index is 264. The summed E-state index contributed by atoms with van der Waals surface area (Å²) in [6, 6.07) is 1.35. The van der Waals surface area contributed by atoms with Gasteiger partial charge in [0.1, 0.15) is 0 Å². The summed E-state index contributed by atoms with van der Waals surface area (Å²) in [4.78, 5) is 11.5. The van der Waals surface area contributed by atoms with Crippen molar-refractivity contribution in [3.8, 4) is 0 Å². The Labute approximate surface area is 111 Å². The molecule has 3 nitrogen and oxygen atoms in total. The number of hydrogen-bond acceptors (Lipinski definition) is 3. The Morgan fingerprint density at radius 3 is 1.94 bits per heavy atom. The van der Waals surface area contributed by atoms with E-state index < -0.39 is 0 Å². The van der Waals surface area contributed by atoms with Gasteiger partial charge in [0.05, 0.1) is 13.0 Å². The molecular weight excluding hydrogens is 226 g/mol. The molecule has 0 aromatic carbocycles. The molecule has 2 aliphatic rings. The summed E-state index contributed by atoms with van der Waals surface area (Å²) < 4.78 is 4.83. The van der Waals surface area contributed by atoms with Crippen LogP contribution in [0.4, 0.5) is 0 Å². The molecule has 2 rings (SSSR count). The lowest BCUT2D eigenvalue weighted by Gasteiger charge is -2.34. The molecule has 0 amide bonds. The van der Waals surface area contributed by atoms with Crippen LogP contribution in [-0.4, -0.2) is 25.2 Å². The van der Waals surface area contributed by atoms with E-state index in [0.717, 1.165) is 37.6 Å². The van der Waals surface area contributed by atoms with Gasteiger partial charge < -0.3 is 10.1 Å². The molecule has 3 heteroatoms. The number of carbonyl (C=O) groups is 1. The predicted molar refractivity (Wildman–Crippen MR) is 72.3 cm³/mol. The Hall–Kier alpha value is -0.570. The van der Waals surface area contributed by atoms with Crippen LogP contribution >= 0.6 is 0 Å². The maximum absolute atomic E-state index is 11.5. The minimum Gasteiger partial charge on any atom is -0.469 e. The third kappa shape index (κ3) is 3.71. The standard InChI is InChI=1S/C15H27NO2/c1-11-3-7-13(8-4-11)16-14-9-5-12(6-10-14)15(17)18-2/h11-14,16H,3-10H2,1-2H3. The number of nitrogens with one attached hydrogen (secondary N) is 1. The second-order valence-electron chi connectivity index (χ2n) is 6.20. The highest BCUT2D eigenvalue weighted by molar-refractivity contribution is 5.72. The van der Waals surface area contributed by atoms with E-state index in [1.165, 1.54) is 32.8 Å². The van der Waals surface area contributed by atoms with Gasteiger partial charge in [-0.25, -0.2) is 0 Å². The molecule has 0 aliphatic heterocycles. The van der Waals surface area contributed by atoms with E-state index in [1.807, 2.05) is 0 Å². The zero-order valence-corrected chi connectivity index (χ0v) is 11.8. The zero-order valence-electron chi connectivity index (χ0n) is 11.8. The topological polar surface area (TPSA) is 38.3 Å². The van der Waals surface area contributed by atoms with Crippen molar-refractivity contribution >= 4 is 5.97 Å². The molecule has 0 unspecified atom stereocenters. The molecule has 1 N–H and O–H groups in total. The van der Waals surface area contributed by atoms with E-state index in [9.17, 15) is 4.79 Å². The smallest absolute Gasteiger partial charge is 0.308 e. The average Bonchev–Trinajstić information content (AvgIpc) is 2.41. The van der Waals surface area contributed by atoms with Gasteiger partial charge in [-0.15, -0.1) is 0 Å². The zero-order chi connectivity index (χ0) is 13.0. The number of methoxy groups -OCH3 is 1. The quantitative estimate of drug-likeness (QED) is 0.786. The predicted octanol–water partition coefficient (Wildman–Crippen LogP) is 2.89. The Morgan fingerprint density at radius 1 is 0.944 bits per heavy atom. The molecule has 0 heterocycles. The van der Waals surface area contributed by atoms with E-state index in [2.05, 4.69) is 12.2 Å². The second kappa shape index (κ2) is 6.55. The van der Waals surface area contributed by atoms with Gasteiger partial charge in [0.15, 0.2) is 0 Å². The first kappa shape index (κ1) is 13.9. The van der Waals surface area contributed by atoms with Crippen LogP contribution in [-0.2, 0) is 9.53 Å². The van der Waals surface area contributed by atoms with Gasteiger partial charge in [-0.05, 0) is 57.3 Å². The first-order valence-electron chi connectivity index (χ1n) is 7.53. The van der Waals surface area contributed by atoms with E-state index in [0.29, 0.717) is 6.04 Å². The lowest BCUT2D eigenvalue weighted by Crippen LogP contribution is -2.42. The molecule has 0 aromatic heterocycles.